The Bertz CT molecular complexity index is 1910. The number of carbonyl (C=O) groups excluding carboxylic acids is 2. The monoisotopic (exact) mass is 657 g/mol. The van der Waals surface area contributed by atoms with Crippen LogP contribution in [0.2, 0.25) is 5.02 Å². The lowest BCUT2D eigenvalue weighted by atomic mass is 9.94. The molecule has 7 nitrogen and oxygen atoms in total. The molecule has 8 heteroatoms. The first kappa shape index (κ1) is 32.8. The molecule has 1 aliphatic rings. The summed E-state index contributed by atoms with van der Waals surface area (Å²) in [6.07, 6.45) is 2.25. The fraction of sp³-hybridized carbons (Fsp3) is 0.225. The van der Waals surface area contributed by atoms with Crippen LogP contribution in [0.4, 0.5) is 0 Å². The minimum absolute atomic E-state index is 0.0423. The fourth-order valence-corrected chi connectivity index (χ4v) is 6.74. The van der Waals surface area contributed by atoms with Gasteiger partial charge in [0.2, 0.25) is 5.91 Å². The van der Waals surface area contributed by atoms with Crippen molar-refractivity contribution in [3.63, 3.8) is 0 Å². The second-order valence-corrected chi connectivity index (χ2v) is 12.8. The Balaban J connectivity index is 1.30. The van der Waals surface area contributed by atoms with Gasteiger partial charge in [0, 0.05) is 36.3 Å². The smallest absolute Gasteiger partial charge is 0.254 e. The maximum absolute atomic E-state index is 14.4. The van der Waals surface area contributed by atoms with Crippen molar-refractivity contribution in [1.29, 1.82) is 0 Å². The maximum Gasteiger partial charge on any atom is 0.254 e. The van der Waals surface area contributed by atoms with Gasteiger partial charge in [0.15, 0.2) is 5.96 Å². The lowest BCUT2D eigenvalue weighted by Gasteiger charge is -2.47. The second kappa shape index (κ2) is 15.2. The van der Waals surface area contributed by atoms with Crippen LogP contribution in [0.25, 0.3) is 21.9 Å². The predicted molar refractivity (Wildman–Crippen MR) is 195 cm³/mol. The van der Waals surface area contributed by atoms with Crippen molar-refractivity contribution in [2.45, 2.75) is 37.8 Å². The van der Waals surface area contributed by atoms with Gasteiger partial charge in [0.05, 0.1) is 12.5 Å². The van der Waals surface area contributed by atoms with E-state index in [4.69, 9.17) is 23.1 Å². The zero-order valence-corrected chi connectivity index (χ0v) is 27.6. The van der Waals surface area contributed by atoms with E-state index in [2.05, 4.69) is 41.4 Å². The summed E-state index contributed by atoms with van der Waals surface area (Å²) in [5.74, 6) is 0.0373. The molecule has 48 heavy (non-hydrogen) atoms. The van der Waals surface area contributed by atoms with E-state index in [1.54, 1.807) is 0 Å². The summed E-state index contributed by atoms with van der Waals surface area (Å²) in [5, 5.41) is 2.91. The summed E-state index contributed by atoms with van der Waals surface area (Å²) in [6.45, 7) is 1.29. The molecule has 1 saturated heterocycles. The summed E-state index contributed by atoms with van der Waals surface area (Å²) >= 11 is 6.13. The average Bonchev–Trinajstić information content (AvgIpc) is 3.10. The van der Waals surface area contributed by atoms with E-state index in [-0.39, 0.29) is 36.3 Å². The Morgan fingerprint density at radius 1 is 0.708 bits per heavy atom. The van der Waals surface area contributed by atoms with E-state index >= 15 is 0 Å². The van der Waals surface area contributed by atoms with Gasteiger partial charge < -0.3 is 21.3 Å². The first-order valence-corrected chi connectivity index (χ1v) is 16.8. The molecule has 1 heterocycles. The van der Waals surface area contributed by atoms with Crippen LogP contribution in [0.15, 0.2) is 126 Å². The molecule has 2 amide bonds. The Morgan fingerprint density at radius 2 is 1.44 bits per heavy atom. The Kier molecular flexibility index (Phi) is 10.4. The molecule has 0 radical (unpaired) electrons. The van der Waals surface area contributed by atoms with Crippen molar-refractivity contribution in [2.75, 3.05) is 19.6 Å². The van der Waals surface area contributed by atoms with Gasteiger partial charge in [-0.25, -0.2) is 0 Å². The number of fused-ring (bicyclic) bond motifs is 1. The van der Waals surface area contributed by atoms with Crippen molar-refractivity contribution >= 4 is 40.1 Å². The Hall–Kier alpha value is -5.14. The van der Waals surface area contributed by atoms with Crippen LogP contribution < -0.4 is 11.5 Å². The molecule has 2 atom stereocenters. The van der Waals surface area contributed by atoms with Gasteiger partial charge in [0.1, 0.15) is 0 Å². The van der Waals surface area contributed by atoms with Crippen molar-refractivity contribution < 1.29 is 9.59 Å². The highest BCUT2D eigenvalue weighted by Crippen LogP contribution is 2.28. The minimum Gasteiger partial charge on any atom is -0.370 e. The van der Waals surface area contributed by atoms with Gasteiger partial charge in [-0.15, -0.1) is 0 Å². The molecule has 1 aliphatic heterocycles. The van der Waals surface area contributed by atoms with E-state index in [0.29, 0.717) is 49.5 Å². The maximum atomic E-state index is 14.4. The molecule has 2 unspecified atom stereocenters. The number of nitrogens with zero attached hydrogens (tertiary/aromatic N) is 3. The van der Waals surface area contributed by atoms with E-state index in [9.17, 15) is 9.59 Å². The predicted octanol–water partition coefficient (Wildman–Crippen LogP) is 6.72. The highest BCUT2D eigenvalue weighted by atomic mass is 35.5. The van der Waals surface area contributed by atoms with Crippen LogP contribution in [0.1, 0.15) is 34.3 Å². The first-order chi connectivity index (χ1) is 23.3. The number of amides is 2. The number of benzene rings is 5. The van der Waals surface area contributed by atoms with Gasteiger partial charge in [-0.05, 0) is 76.6 Å². The molecular formula is C40H40ClN5O2. The van der Waals surface area contributed by atoms with Crippen molar-refractivity contribution in [1.82, 2.24) is 9.80 Å². The Labute approximate surface area is 286 Å². The van der Waals surface area contributed by atoms with Crippen LogP contribution in [-0.2, 0) is 17.6 Å². The molecule has 0 saturated carbocycles. The SMILES string of the molecule is NC(N)=NCCCC1CN(C(=O)Cc2ccc3ccccc3c2)C(Cc2ccccc2)CN1C(=O)c1cccc(-c2ccc(Cl)cc2)c1. The summed E-state index contributed by atoms with van der Waals surface area (Å²) < 4.78 is 0. The quantitative estimate of drug-likeness (QED) is 0.0988. The molecule has 5 aromatic rings. The molecular weight excluding hydrogens is 618 g/mol. The number of guanidine groups is 1. The van der Waals surface area contributed by atoms with Gasteiger partial charge >= 0.3 is 0 Å². The molecule has 0 bridgehead atoms. The zero-order valence-electron chi connectivity index (χ0n) is 26.8. The third-order valence-corrected chi connectivity index (χ3v) is 9.29. The van der Waals surface area contributed by atoms with Crippen LogP contribution >= 0.6 is 11.6 Å². The molecule has 6 rings (SSSR count). The number of hydrogen-bond acceptors (Lipinski definition) is 3. The number of aliphatic imine (C=N–C) groups is 1. The number of nitrogens with two attached hydrogens (primary N) is 2. The summed E-state index contributed by atoms with van der Waals surface area (Å²) in [4.78, 5) is 36.7. The van der Waals surface area contributed by atoms with Gasteiger partial charge in [0.25, 0.3) is 5.91 Å². The van der Waals surface area contributed by atoms with Crippen LogP contribution in [0.5, 0.6) is 0 Å². The van der Waals surface area contributed by atoms with Gasteiger partial charge in [-0.3, -0.25) is 14.6 Å². The van der Waals surface area contributed by atoms with Gasteiger partial charge in [-0.1, -0.05) is 109 Å². The molecule has 5 aromatic carbocycles. The standard InChI is InChI=1S/C40H40ClN5O2/c41-35-19-17-31(18-20-35)33-12-6-13-34(25-33)39(48)46-27-37(23-28-8-2-1-3-9-28)45(26-36(46)14-7-21-44-40(42)43)38(47)24-29-15-16-30-10-4-5-11-32(30)22-29/h1-6,8-13,15-20,22,25,36-37H,7,14,21,23-24,26-27H2,(H4,42,43,44). The molecule has 244 valence electrons. The highest BCUT2D eigenvalue weighted by Gasteiger charge is 2.38. The van der Waals surface area contributed by atoms with Crippen molar-refractivity contribution in [2.24, 2.45) is 16.5 Å². The molecule has 0 aromatic heterocycles. The highest BCUT2D eigenvalue weighted by molar-refractivity contribution is 6.30. The number of rotatable bonds is 10. The molecule has 4 N–H and O–H groups in total. The summed E-state index contributed by atoms with van der Waals surface area (Å²) in [6, 6.07) is 39.4. The lowest BCUT2D eigenvalue weighted by molar-refractivity contribution is -0.136. The largest absolute Gasteiger partial charge is 0.370 e. The fourth-order valence-electron chi connectivity index (χ4n) is 6.61. The average molecular weight is 658 g/mol. The second-order valence-electron chi connectivity index (χ2n) is 12.4. The van der Waals surface area contributed by atoms with E-state index < -0.39 is 0 Å². The normalized spacial score (nSPS) is 16.1. The number of hydrogen-bond donors (Lipinski definition) is 2. The summed E-state index contributed by atoms with van der Waals surface area (Å²) in [5.41, 5.74) is 15.8. The van der Waals surface area contributed by atoms with E-state index in [1.807, 2.05) is 94.7 Å². The van der Waals surface area contributed by atoms with Crippen LogP contribution in [0.3, 0.4) is 0 Å². The number of piperazine rings is 1. The first-order valence-electron chi connectivity index (χ1n) is 16.4. The van der Waals surface area contributed by atoms with E-state index in [0.717, 1.165) is 33.0 Å². The number of carbonyl (C=O) groups is 2. The molecule has 0 aliphatic carbocycles. The Morgan fingerprint density at radius 3 is 2.21 bits per heavy atom. The van der Waals surface area contributed by atoms with E-state index in [1.165, 1.54) is 0 Å². The lowest BCUT2D eigenvalue weighted by Crippen LogP contribution is -2.62. The minimum atomic E-state index is -0.210. The molecule has 0 spiro atoms. The van der Waals surface area contributed by atoms with Crippen LogP contribution in [-0.4, -0.2) is 59.3 Å². The van der Waals surface area contributed by atoms with Gasteiger partial charge in [-0.2, -0.15) is 0 Å². The summed E-state index contributed by atoms with van der Waals surface area (Å²) in [7, 11) is 0. The van der Waals surface area contributed by atoms with Crippen molar-refractivity contribution in [3.05, 3.63) is 143 Å². The molecule has 1 fully saturated rings. The number of halogens is 1. The third kappa shape index (κ3) is 8.04. The third-order valence-electron chi connectivity index (χ3n) is 9.04. The van der Waals surface area contributed by atoms with Crippen molar-refractivity contribution in [3.8, 4) is 11.1 Å². The topological polar surface area (TPSA) is 105 Å². The zero-order chi connectivity index (χ0) is 33.5. The van der Waals surface area contributed by atoms with Crippen LogP contribution in [0, 0.1) is 0 Å².